The van der Waals surface area contributed by atoms with Crippen molar-refractivity contribution >= 4 is 9.84 Å². The van der Waals surface area contributed by atoms with Gasteiger partial charge in [0.2, 0.25) is 9.84 Å². The maximum Gasteiger partial charge on any atom is 0.207 e. The highest BCUT2D eigenvalue weighted by Crippen LogP contribution is 2.42. The third-order valence-corrected chi connectivity index (χ3v) is 12.0. The molecule has 0 saturated carbocycles. The van der Waals surface area contributed by atoms with Crippen LogP contribution in [0.15, 0.2) is 21.9 Å². The standard InChI is InChI=1S/C42H70O4S/c1-7-13-19-25-33-31-39(43)35(27-21-15-9-3)37(29-23-17-11-5)41(33)47(45,46)42-34(26-20-14-8-2)32-40(44)36(28-22-16-10-4)38(42)30-24-18-12-6/h31-32,43-44H,7-30H2,1-6H3. The molecule has 0 radical (unpaired) electrons. The highest BCUT2D eigenvalue weighted by atomic mass is 32.2. The van der Waals surface area contributed by atoms with Gasteiger partial charge in [-0.1, -0.05) is 119 Å². The quantitative estimate of drug-likeness (QED) is 0.0977. The molecule has 2 aromatic carbocycles. The zero-order valence-corrected chi connectivity index (χ0v) is 32.1. The first kappa shape index (κ1) is 41.2. The number of hydrogen-bond acceptors (Lipinski definition) is 4. The number of benzene rings is 2. The number of phenols is 2. The fourth-order valence-corrected chi connectivity index (χ4v) is 9.49. The number of phenolic OH excluding ortho intramolecular Hbond substituents is 2. The van der Waals surface area contributed by atoms with Crippen LogP contribution in [-0.4, -0.2) is 18.6 Å². The molecule has 0 aliphatic rings. The van der Waals surface area contributed by atoms with Crippen molar-refractivity contribution in [1.82, 2.24) is 0 Å². The smallest absolute Gasteiger partial charge is 0.207 e. The lowest BCUT2D eigenvalue weighted by Gasteiger charge is -2.25. The number of hydrogen-bond donors (Lipinski definition) is 2. The van der Waals surface area contributed by atoms with E-state index in [-0.39, 0.29) is 11.5 Å². The summed E-state index contributed by atoms with van der Waals surface area (Å²) >= 11 is 0. The molecule has 0 spiro atoms. The Morgan fingerprint density at radius 2 is 0.660 bits per heavy atom. The highest BCUT2D eigenvalue weighted by molar-refractivity contribution is 7.91. The van der Waals surface area contributed by atoms with Gasteiger partial charge < -0.3 is 10.2 Å². The molecule has 268 valence electrons. The fraction of sp³-hybridized carbons (Fsp3) is 0.714. The van der Waals surface area contributed by atoms with Crippen LogP contribution in [0.25, 0.3) is 0 Å². The van der Waals surface area contributed by atoms with Crippen LogP contribution in [-0.2, 0) is 48.4 Å². The van der Waals surface area contributed by atoms with Crippen molar-refractivity contribution in [3.63, 3.8) is 0 Å². The van der Waals surface area contributed by atoms with Crippen molar-refractivity contribution < 1.29 is 18.6 Å². The Balaban J connectivity index is 3.05. The van der Waals surface area contributed by atoms with E-state index in [0.717, 1.165) is 149 Å². The van der Waals surface area contributed by atoms with E-state index in [1.165, 1.54) is 0 Å². The number of unbranched alkanes of at least 4 members (excludes halogenated alkanes) is 12. The van der Waals surface area contributed by atoms with Gasteiger partial charge in [-0.15, -0.1) is 0 Å². The minimum atomic E-state index is -3.97. The largest absolute Gasteiger partial charge is 0.508 e. The molecule has 0 saturated heterocycles. The van der Waals surface area contributed by atoms with E-state index in [2.05, 4.69) is 41.5 Å². The molecule has 0 unspecified atom stereocenters. The van der Waals surface area contributed by atoms with Gasteiger partial charge in [-0.3, -0.25) is 0 Å². The van der Waals surface area contributed by atoms with Crippen LogP contribution in [0.5, 0.6) is 11.5 Å². The van der Waals surface area contributed by atoms with Gasteiger partial charge >= 0.3 is 0 Å². The summed E-state index contributed by atoms with van der Waals surface area (Å²) < 4.78 is 31.3. The maximum absolute atomic E-state index is 15.7. The molecule has 0 aromatic heterocycles. The number of aryl methyl sites for hydroxylation is 2. The lowest BCUT2D eigenvalue weighted by molar-refractivity contribution is 0.462. The average Bonchev–Trinajstić information content (AvgIpc) is 3.03. The van der Waals surface area contributed by atoms with Crippen molar-refractivity contribution in [2.75, 3.05) is 0 Å². The van der Waals surface area contributed by atoms with Crippen molar-refractivity contribution in [3.05, 3.63) is 45.5 Å². The van der Waals surface area contributed by atoms with Crippen LogP contribution in [0.1, 0.15) is 190 Å². The second-order valence-corrected chi connectivity index (χ2v) is 15.8. The van der Waals surface area contributed by atoms with Crippen LogP contribution in [0.3, 0.4) is 0 Å². The van der Waals surface area contributed by atoms with Crippen molar-refractivity contribution in [2.45, 2.75) is 205 Å². The summed E-state index contributed by atoms with van der Waals surface area (Å²) in [7, 11) is -3.97. The van der Waals surface area contributed by atoms with E-state index in [9.17, 15) is 10.2 Å². The topological polar surface area (TPSA) is 74.6 Å². The van der Waals surface area contributed by atoms with Gasteiger partial charge in [-0.2, -0.15) is 0 Å². The molecule has 0 atom stereocenters. The zero-order chi connectivity index (χ0) is 34.7. The molecule has 0 bridgehead atoms. The van der Waals surface area contributed by atoms with Crippen LogP contribution in [0.4, 0.5) is 0 Å². The van der Waals surface area contributed by atoms with E-state index in [1.807, 2.05) is 12.1 Å². The number of sulfone groups is 1. The number of aromatic hydroxyl groups is 2. The molecule has 0 aliphatic heterocycles. The van der Waals surface area contributed by atoms with Gasteiger partial charge in [0, 0.05) is 0 Å². The Morgan fingerprint density at radius 3 is 0.936 bits per heavy atom. The molecule has 0 heterocycles. The van der Waals surface area contributed by atoms with Gasteiger partial charge in [-0.25, -0.2) is 8.42 Å². The second-order valence-electron chi connectivity index (χ2n) is 13.9. The van der Waals surface area contributed by atoms with Gasteiger partial charge in [0.05, 0.1) is 9.79 Å². The zero-order valence-electron chi connectivity index (χ0n) is 31.2. The molecular formula is C42H70O4S. The molecule has 5 heteroatoms. The van der Waals surface area contributed by atoms with Crippen molar-refractivity contribution in [3.8, 4) is 11.5 Å². The summed E-state index contributed by atoms with van der Waals surface area (Å²) in [6, 6.07) is 3.62. The van der Waals surface area contributed by atoms with Crippen LogP contribution in [0.2, 0.25) is 0 Å². The van der Waals surface area contributed by atoms with Crippen LogP contribution < -0.4 is 0 Å². The van der Waals surface area contributed by atoms with E-state index in [1.54, 1.807) is 0 Å². The first-order valence-corrected chi connectivity index (χ1v) is 21.2. The summed E-state index contributed by atoms with van der Waals surface area (Å²) in [6.07, 6.45) is 22.0. The van der Waals surface area contributed by atoms with Crippen LogP contribution in [0, 0.1) is 0 Å². The Bertz CT molecular complexity index is 1200. The van der Waals surface area contributed by atoms with Crippen LogP contribution >= 0.6 is 0 Å². The fourth-order valence-electron chi connectivity index (χ4n) is 7.17. The number of rotatable bonds is 26. The predicted octanol–water partition coefficient (Wildman–Crippen LogP) is 12.3. The SMILES string of the molecule is CCCCCc1cc(O)c(CCCCC)c(CCCCC)c1S(=O)(=O)c1c(CCCCC)cc(O)c(CCCCC)c1CCCCC. The minimum Gasteiger partial charge on any atom is -0.508 e. The van der Waals surface area contributed by atoms with Gasteiger partial charge in [0.25, 0.3) is 0 Å². The van der Waals surface area contributed by atoms with E-state index < -0.39 is 9.84 Å². The summed E-state index contributed by atoms with van der Waals surface area (Å²) in [5, 5.41) is 23.0. The Morgan fingerprint density at radius 1 is 0.404 bits per heavy atom. The molecule has 2 N–H and O–H groups in total. The van der Waals surface area contributed by atoms with Gasteiger partial charge in [0.15, 0.2) is 0 Å². The first-order chi connectivity index (χ1) is 22.7. The summed E-state index contributed by atoms with van der Waals surface area (Å²) in [4.78, 5) is 0.959. The molecular weight excluding hydrogens is 601 g/mol. The third kappa shape index (κ3) is 12.1. The molecule has 0 amide bonds. The second kappa shape index (κ2) is 22.6. The Kier molecular flexibility index (Phi) is 19.8. The molecule has 2 aromatic rings. The van der Waals surface area contributed by atoms with E-state index >= 15 is 8.42 Å². The predicted molar refractivity (Wildman–Crippen MR) is 201 cm³/mol. The molecule has 0 aliphatic carbocycles. The monoisotopic (exact) mass is 670 g/mol. The summed E-state index contributed by atoms with van der Waals surface area (Å²) in [6.45, 7) is 13.1. The first-order valence-electron chi connectivity index (χ1n) is 19.7. The van der Waals surface area contributed by atoms with Gasteiger partial charge in [-0.05, 0) is 123 Å². The Hall–Kier alpha value is -2.01. The van der Waals surface area contributed by atoms with Crippen molar-refractivity contribution in [2.24, 2.45) is 0 Å². The molecule has 47 heavy (non-hydrogen) atoms. The van der Waals surface area contributed by atoms with Gasteiger partial charge in [0.1, 0.15) is 11.5 Å². The summed E-state index contributed by atoms with van der Waals surface area (Å²) in [5.74, 6) is 0.547. The lowest BCUT2D eigenvalue weighted by atomic mass is 9.92. The van der Waals surface area contributed by atoms with E-state index in [4.69, 9.17) is 0 Å². The molecule has 0 fully saturated rings. The average molecular weight is 671 g/mol. The normalized spacial score (nSPS) is 11.9. The highest BCUT2D eigenvalue weighted by Gasteiger charge is 2.33. The lowest BCUT2D eigenvalue weighted by Crippen LogP contribution is -2.18. The van der Waals surface area contributed by atoms with Crippen molar-refractivity contribution in [1.29, 1.82) is 0 Å². The van der Waals surface area contributed by atoms with E-state index in [0.29, 0.717) is 48.3 Å². The molecule has 2 rings (SSSR count). The third-order valence-electron chi connectivity index (χ3n) is 9.86. The minimum absolute atomic E-state index is 0.273. The maximum atomic E-state index is 15.7. The molecule has 4 nitrogen and oxygen atoms in total. The summed E-state index contributed by atoms with van der Waals surface area (Å²) in [5.41, 5.74) is 4.97. The Labute approximate surface area is 290 Å².